The predicted molar refractivity (Wildman–Crippen MR) is 71.1 cm³/mol. The van der Waals surface area contributed by atoms with Crippen LogP contribution in [0.5, 0.6) is 0 Å². The first-order valence-corrected chi connectivity index (χ1v) is 7.33. The van der Waals surface area contributed by atoms with Crippen LogP contribution >= 0.6 is 11.3 Å². The number of hydrogen-bond acceptors (Lipinski definition) is 3. The minimum atomic E-state index is -0.136. The third-order valence-corrected chi connectivity index (χ3v) is 5.36. The summed E-state index contributed by atoms with van der Waals surface area (Å²) in [7, 11) is 0. The van der Waals surface area contributed by atoms with Gasteiger partial charge in [-0.3, -0.25) is 9.59 Å². The average molecular weight is 266 g/mol. The number of piperidine rings is 2. The van der Waals surface area contributed by atoms with Crippen molar-refractivity contribution >= 4 is 17.2 Å². The Morgan fingerprint density at radius 2 is 2.11 bits per heavy atom. The number of aromatic amines is 1. The summed E-state index contributed by atoms with van der Waals surface area (Å²) in [5, 5.41) is 0. The quantitative estimate of drug-likeness (QED) is 0.846. The van der Waals surface area contributed by atoms with Crippen LogP contribution in [0, 0.1) is 12.8 Å². The van der Waals surface area contributed by atoms with Gasteiger partial charge in [-0.25, -0.2) is 0 Å². The summed E-state index contributed by atoms with van der Waals surface area (Å²) in [4.78, 5) is 29.3. The normalized spacial score (nSPS) is 30.8. The highest BCUT2D eigenvalue weighted by Gasteiger charge is 2.45. The van der Waals surface area contributed by atoms with Crippen molar-refractivity contribution in [1.82, 2.24) is 9.88 Å². The summed E-state index contributed by atoms with van der Waals surface area (Å²) >= 11 is 1.12. The first kappa shape index (κ1) is 12.0. The molecule has 3 aliphatic rings. The molecule has 98 valence electrons. The molecule has 0 unspecified atom stereocenters. The molecule has 1 aromatic heterocycles. The Morgan fingerprint density at radius 3 is 2.61 bits per heavy atom. The molecule has 3 fully saturated rings. The van der Waals surface area contributed by atoms with Gasteiger partial charge in [-0.1, -0.05) is 11.3 Å². The Hall–Kier alpha value is -1.10. The van der Waals surface area contributed by atoms with E-state index in [-0.39, 0.29) is 16.3 Å². The zero-order chi connectivity index (χ0) is 12.9. The highest BCUT2D eigenvalue weighted by molar-refractivity contribution is 7.09. The molecule has 1 aliphatic carbocycles. The van der Waals surface area contributed by atoms with Crippen molar-refractivity contribution in [2.45, 2.75) is 45.1 Å². The second-order valence-electron chi connectivity index (χ2n) is 5.80. The van der Waals surface area contributed by atoms with Crippen molar-refractivity contribution in [2.24, 2.45) is 5.92 Å². The van der Waals surface area contributed by atoms with Crippen LogP contribution in [-0.2, 0) is 0 Å². The maximum atomic E-state index is 12.6. The highest BCUT2D eigenvalue weighted by atomic mass is 32.1. The molecule has 1 amide bonds. The maximum absolute atomic E-state index is 12.6. The molecular formula is C13H18N2O2S. The second-order valence-corrected chi connectivity index (χ2v) is 6.99. The first-order valence-electron chi connectivity index (χ1n) is 6.51. The molecule has 0 radical (unpaired) electrons. The molecule has 1 N–H and O–H groups in total. The standard InChI is InChI=1S/C13H18N2O2S/c1-8-10(14-12(17)18-8)11(16)15-7-9-3-5-13(15,2)6-4-9/h9H,3-7H2,1-2H3,(H,14,17). The lowest BCUT2D eigenvalue weighted by Gasteiger charge is -2.52. The van der Waals surface area contributed by atoms with E-state index in [4.69, 9.17) is 0 Å². The Balaban J connectivity index is 1.93. The average Bonchev–Trinajstić information content (AvgIpc) is 2.68. The molecule has 4 rings (SSSR count). The number of carbonyl (C=O) groups excluding carboxylic acids is 1. The smallest absolute Gasteiger partial charge is 0.305 e. The minimum absolute atomic E-state index is 0.00288. The van der Waals surface area contributed by atoms with Gasteiger partial charge in [0, 0.05) is 17.0 Å². The summed E-state index contributed by atoms with van der Waals surface area (Å²) in [5.74, 6) is 0.666. The number of fused-ring (bicyclic) bond motifs is 3. The van der Waals surface area contributed by atoms with E-state index in [0.717, 1.165) is 35.6 Å². The summed E-state index contributed by atoms with van der Waals surface area (Å²) < 4.78 is 0. The molecule has 0 aromatic carbocycles. The predicted octanol–water partition coefficient (Wildman–Crippen LogP) is 2.15. The third-order valence-electron chi connectivity index (χ3n) is 4.56. The zero-order valence-corrected chi connectivity index (χ0v) is 11.6. The van der Waals surface area contributed by atoms with Gasteiger partial charge in [-0.2, -0.15) is 0 Å². The van der Waals surface area contributed by atoms with Gasteiger partial charge in [0.05, 0.1) is 0 Å². The van der Waals surface area contributed by atoms with Crippen molar-refractivity contribution < 1.29 is 4.79 Å². The molecule has 2 aliphatic heterocycles. The second kappa shape index (κ2) is 3.95. The van der Waals surface area contributed by atoms with E-state index in [1.54, 1.807) is 0 Å². The summed E-state index contributed by atoms with van der Waals surface area (Å²) in [6.45, 7) is 4.87. The van der Waals surface area contributed by atoms with E-state index in [0.29, 0.717) is 11.6 Å². The number of amides is 1. The summed E-state index contributed by atoms with van der Waals surface area (Å²) in [6, 6.07) is 0. The van der Waals surface area contributed by atoms with E-state index < -0.39 is 0 Å². The van der Waals surface area contributed by atoms with Crippen molar-refractivity contribution in [3.8, 4) is 0 Å². The molecule has 1 saturated carbocycles. The topological polar surface area (TPSA) is 53.2 Å². The molecule has 4 nitrogen and oxygen atoms in total. The van der Waals surface area contributed by atoms with Gasteiger partial charge in [-0.05, 0) is 45.4 Å². The van der Waals surface area contributed by atoms with Crippen LogP contribution < -0.4 is 4.87 Å². The first-order chi connectivity index (χ1) is 8.49. The molecule has 0 atom stereocenters. The number of rotatable bonds is 1. The largest absolute Gasteiger partial charge is 0.332 e. The van der Waals surface area contributed by atoms with Gasteiger partial charge in [0.1, 0.15) is 5.69 Å². The fraction of sp³-hybridized carbons (Fsp3) is 0.692. The van der Waals surface area contributed by atoms with Gasteiger partial charge < -0.3 is 9.88 Å². The van der Waals surface area contributed by atoms with Crippen LogP contribution in [0.25, 0.3) is 0 Å². The molecule has 2 bridgehead atoms. The van der Waals surface area contributed by atoms with Gasteiger partial charge in [0.15, 0.2) is 0 Å². The van der Waals surface area contributed by atoms with E-state index in [1.165, 1.54) is 12.8 Å². The number of aryl methyl sites for hydroxylation is 1. The molecular weight excluding hydrogens is 248 g/mol. The van der Waals surface area contributed by atoms with Crippen molar-refractivity contribution in [3.05, 3.63) is 20.2 Å². The number of nitrogens with zero attached hydrogens (tertiary/aromatic N) is 1. The lowest BCUT2D eigenvalue weighted by molar-refractivity contribution is -0.0106. The maximum Gasteiger partial charge on any atom is 0.305 e. The SMILES string of the molecule is Cc1sc(=O)[nH]c1C(=O)N1CC2CCC1(C)CC2. The fourth-order valence-corrected chi connectivity index (χ4v) is 3.97. The molecule has 2 saturated heterocycles. The Labute approximate surface area is 110 Å². The molecule has 18 heavy (non-hydrogen) atoms. The number of H-pyrrole nitrogens is 1. The van der Waals surface area contributed by atoms with Crippen LogP contribution in [0.2, 0.25) is 0 Å². The lowest BCUT2D eigenvalue weighted by Crippen LogP contribution is -2.58. The number of hydrogen-bond donors (Lipinski definition) is 1. The van der Waals surface area contributed by atoms with Crippen molar-refractivity contribution in [3.63, 3.8) is 0 Å². The highest BCUT2D eigenvalue weighted by Crippen LogP contribution is 2.43. The zero-order valence-electron chi connectivity index (χ0n) is 10.8. The lowest BCUT2D eigenvalue weighted by atomic mass is 9.71. The molecule has 0 spiro atoms. The number of nitrogens with one attached hydrogen (secondary N) is 1. The van der Waals surface area contributed by atoms with Gasteiger partial charge in [0.25, 0.3) is 5.91 Å². The van der Waals surface area contributed by atoms with Crippen molar-refractivity contribution in [2.75, 3.05) is 6.54 Å². The van der Waals surface area contributed by atoms with E-state index in [9.17, 15) is 9.59 Å². The molecule has 3 heterocycles. The van der Waals surface area contributed by atoms with Crippen LogP contribution in [0.4, 0.5) is 0 Å². The Morgan fingerprint density at radius 1 is 1.44 bits per heavy atom. The van der Waals surface area contributed by atoms with E-state index >= 15 is 0 Å². The third kappa shape index (κ3) is 1.72. The molecule has 5 heteroatoms. The Bertz CT molecular complexity index is 537. The van der Waals surface area contributed by atoms with Crippen molar-refractivity contribution in [1.29, 1.82) is 0 Å². The summed E-state index contributed by atoms with van der Waals surface area (Å²) in [6.07, 6.45) is 4.66. The summed E-state index contributed by atoms with van der Waals surface area (Å²) in [5.41, 5.74) is 0.496. The van der Waals surface area contributed by atoms with E-state index in [2.05, 4.69) is 11.9 Å². The van der Waals surface area contributed by atoms with Crippen LogP contribution in [0.3, 0.4) is 0 Å². The number of aromatic nitrogens is 1. The number of thiazole rings is 1. The van der Waals surface area contributed by atoms with Crippen LogP contribution in [0.15, 0.2) is 4.79 Å². The number of carbonyl (C=O) groups is 1. The van der Waals surface area contributed by atoms with Gasteiger partial charge in [-0.15, -0.1) is 0 Å². The van der Waals surface area contributed by atoms with Crippen LogP contribution in [0.1, 0.15) is 48.0 Å². The van der Waals surface area contributed by atoms with Gasteiger partial charge >= 0.3 is 4.87 Å². The van der Waals surface area contributed by atoms with E-state index in [1.807, 2.05) is 11.8 Å². The Kier molecular flexibility index (Phi) is 2.62. The fourth-order valence-electron chi connectivity index (χ4n) is 3.30. The molecule has 1 aromatic rings. The minimum Gasteiger partial charge on any atom is -0.332 e. The van der Waals surface area contributed by atoms with Gasteiger partial charge in [0.2, 0.25) is 0 Å². The monoisotopic (exact) mass is 266 g/mol. The van der Waals surface area contributed by atoms with Crippen LogP contribution in [-0.4, -0.2) is 27.9 Å².